The Morgan fingerprint density at radius 1 is 0.811 bits per heavy atom. The third kappa shape index (κ3) is 5.20. The van der Waals surface area contributed by atoms with Crippen molar-refractivity contribution in [3.8, 4) is 0 Å². The number of nitrogens with one attached hydrogen (secondary N) is 1. The summed E-state index contributed by atoms with van der Waals surface area (Å²) in [5, 5.41) is 15.8. The summed E-state index contributed by atoms with van der Waals surface area (Å²) in [4.78, 5) is 30.6. The quantitative estimate of drug-likeness (QED) is 0.367. The number of carbonyl (C=O) groups is 2. The van der Waals surface area contributed by atoms with E-state index in [9.17, 15) is 14.7 Å². The van der Waals surface area contributed by atoms with Crippen LogP contribution in [0.3, 0.4) is 0 Å². The van der Waals surface area contributed by atoms with Crippen LogP contribution in [0.4, 0.5) is 4.79 Å². The Balaban J connectivity index is 1.42. The Bertz CT molecular complexity index is 1380. The van der Waals surface area contributed by atoms with Gasteiger partial charge in [0.25, 0.3) is 0 Å². The molecule has 3 atom stereocenters. The van der Waals surface area contributed by atoms with Crippen LogP contribution in [0.15, 0.2) is 103 Å². The fourth-order valence-corrected chi connectivity index (χ4v) is 5.09. The zero-order valence-corrected chi connectivity index (χ0v) is 20.8. The van der Waals surface area contributed by atoms with Crippen LogP contribution in [0.1, 0.15) is 29.7 Å². The highest BCUT2D eigenvalue weighted by molar-refractivity contribution is 5.92. The van der Waals surface area contributed by atoms with Gasteiger partial charge in [0.2, 0.25) is 5.91 Å². The van der Waals surface area contributed by atoms with Gasteiger partial charge in [0, 0.05) is 13.1 Å². The number of nitrogens with zero attached hydrogens (tertiary/aromatic N) is 2. The lowest BCUT2D eigenvalue weighted by Gasteiger charge is -2.27. The number of hydrogen-bond acceptors (Lipinski definition) is 3. The van der Waals surface area contributed by atoms with Crippen LogP contribution < -0.4 is 5.32 Å². The van der Waals surface area contributed by atoms with E-state index in [0.29, 0.717) is 6.54 Å². The van der Waals surface area contributed by atoms with Gasteiger partial charge in [0.15, 0.2) is 0 Å². The van der Waals surface area contributed by atoms with Gasteiger partial charge in [-0.05, 0) is 40.5 Å². The van der Waals surface area contributed by atoms with E-state index in [0.717, 1.165) is 27.5 Å². The topological polar surface area (TPSA) is 72.9 Å². The molecule has 0 aliphatic carbocycles. The second kappa shape index (κ2) is 10.8. The first-order valence-corrected chi connectivity index (χ1v) is 12.6. The van der Waals surface area contributed by atoms with E-state index in [1.54, 1.807) is 9.80 Å². The molecule has 0 radical (unpaired) electrons. The summed E-state index contributed by atoms with van der Waals surface area (Å²) in [5.41, 5.74) is 2.85. The molecule has 0 aromatic heterocycles. The summed E-state index contributed by atoms with van der Waals surface area (Å²) in [6, 6.07) is 31.5. The first-order chi connectivity index (χ1) is 18.0. The van der Waals surface area contributed by atoms with E-state index in [-0.39, 0.29) is 31.1 Å². The Labute approximate surface area is 217 Å². The van der Waals surface area contributed by atoms with Crippen LogP contribution in [0, 0.1) is 0 Å². The molecule has 1 fully saturated rings. The van der Waals surface area contributed by atoms with E-state index >= 15 is 0 Å². The highest BCUT2D eigenvalue weighted by Crippen LogP contribution is 2.28. The Morgan fingerprint density at radius 3 is 2.00 bits per heavy atom. The predicted octanol–water partition coefficient (Wildman–Crippen LogP) is 4.88. The minimum Gasteiger partial charge on any atom is -0.394 e. The molecule has 1 aliphatic heterocycles. The van der Waals surface area contributed by atoms with Gasteiger partial charge in [-0.2, -0.15) is 0 Å². The summed E-state index contributed by atoms with van der Waals surface area (Å²) in [7, 11) is 0. The van der Waals surface area contributed by atoms with Gasteiger partial charge >= 0.3 is 6.03 Å². The fourth-order valence-electron chi connectivity index (χ4n) is 5.09. The lowest BCUT2D eigenvalue weighted by Crippen LogP contribution is -2.50. The zero-order valence-electron chi connectivity index (χ0n) is 20.8. The van der Waals surface area contributed by atoms with Crippen molar-refractivity contribution in [3.63, 3.8) is 0 Å². The van der Waals surface area contributed by atoms with Crippen molar-refractivity contribution in [2.24, 2.45) is 0 Å². The number of hydrogen-bond donors (Lipinski definition) is 2. The lowest BCUT2D eigenvalue weighted by molar-refractivity contribution is -0.127. The largest absolute Gasteiger partial charge is 0.394 e. The van der Waals surface area contributed by atoms with E-state index in [1.807, 2.05) is 97.9 Å². The molecule has 6 heteroatoms. The molecule has 0 spiro atoms. The van der Waals surface area contributed by atoms with E-state index < -0.39 is 12.1 Å². The minimum absolute atomic E-state index is 0.259. The predicted molar refractivity (Wildman–Crippen MR) is 145 cm³/mol. The average Bonchev–Trinajstić information content (AvgIpc) is 3.19. The van der Waals surface area contributed by atoms with E-state index in [2.05, 4.69) is 17.4 Å². The highest BCUT2D eigenvalue weighted by Gasteiger charge is 2.49. The number of benzene rings is 4. The molecule has 1 aliphatic rings. The maximum atomic E-state index is 13.8. The van der Waals surface area contributed by atoms with E-state index in [4.69, 9.17) is 0 Å². The number of carbonyl (C=O) groups excluding carboxylic acids is 2. The zero-order chi connectivity index (χ0) is 25.8. The molecule has 37 heavy (non-hydrogen) atoms. The minimum atomic E-state index is -0.829. The molecule has 2 N–H and O–H groups in total. The van der Waals surface area contributed by atoms with Gasteiger partial charge in [0.05, 0.1) is 18.7 Å². The molecule has 3 amide bonds. The third-order valence-electron chi connectivity index (χ3n) is 7.07. The molecular formula is C31H31N3O3. The first-order valence-electron chi connectivity index (χ1n) is 12.6. The number of aliphatic hydroxyl groups excluding tert-OH is 1. The Hall–Kier alpha value is -4.16. The van der Waals surface area contributed by atoms with Gasteiger partial charge < -0.3 is 20.2 Å². The summed E-state index contributed by atoms with van der Waals surface area (Å²) in [5.74, 6) is -0.278. The van der Waals surface area contributed by atoms with Gasteiger partial charge in [-0.3, -0.25) is 4.79 Å². The maximum Gasteiger partial charge on any atom is 0.321 e. The van der Waals surface area contributed by atoms with Crippen LogP contribution >= 0.6 is 0 Å². The molecule has 0 saturated carbocycles. The van der Waals surface area contributed by atoms with Crippen LogP contribution in [0.25, 0.3) is 10.8 Å². The maximum absolute atomic E-state index is 13.8. The average molecular weight is 494 g/mol. The molecule has 4 aromatic carbocycles. The van der Waals surface area contributed by atoms with Crippen molar-refractivity contribution in [2.45, 2.75) is 38.1 Å². The van der Waals surface area contributed by atoms with Crippen molar-refractivity contribution in [2.75, 3.05) is 6.61 Å². The van der Waals surface area contributed by atoms with Gasteiger partial charge in [-0.15, -0.1) is 0 Å². The Kier molecular flexibility index (Phi) is 7.19. The van der Waals surface area contributed by atoms with Gasteiger partial charge in [0.1, 0.15) is 6.04 Å². The molecule has 188 valence electrons. The van der Waals surface area contributed by atoms with Crippen LogP contribution in [0.5, 0.6) is 0 Å². The van der Waals surface area contributed by atoms with Gasteiger partial charge in [-0.1, -0.05) is 97.1 Å². The normalized spacial score (nSPS) is 18.3. The standard InChI is InChI=1S/C31H31N3O3/c1-22(26-17-16-25-14-8-9-15-27(25)18-26)32-30(36)29-28(21-35)33(19-23-10-4-2-5-11-23)31(37)34(29)20-24-12-6-3-7-13-24/h2-18,22,28-29,35H,19-21H2,1H3,(H,32,36)/t22?,28-,29-/m1/s1. The number of fused-ring (bicyclic) bond motifs is 1. The molecule has 1 heterocycles. The second-order valence-corrected chi connectivity index (χ2v) is 9.54. The molecule has 0 bridgehead atoms. The molecular weight excluding hydrogens is 462 g/mol. The third-order valence-corrected chi connectivity index (χ3v) is 7.07. The number of amides is 3. The summed E-state index contributed by atoms with van der Waals surface area (Å²) in [6.45, 7) is 2.23. The van der Waals surface area contributed by atoms with Crippen LogP contribution in [0.2, 0.25) is 0 Å². The van der Waals surface area contributed by atoms with Gasteiger partial charge in [-0.25, -0.2) is 4.79 Å². The number of aliphatic hydroxyl groups is 1. The molecule has 1 saturated heterocycles. The lowest BCUT2D eigenvalue weighted by atomic mass is 10.0. The summed E-state index contributed by atoms with van der Waals surface area (Å²) < 4.78 is 0. The van der Waals surface area contributed by atoms with Crippen LogP contribution in [-0.4, -0.2) is 45.5 Å². The van der Waals surface area contributed by atoms with Crippen molar-refractivity contribution in [1.82, 2.24) is 15.1 Å². The molecule has 4 aromatic rings. The SMILES string of the molecule is CC(NC(=O)[C@H]1[C@@H](CO)N(Cc2ccccc2)C(=O)N1Cc1ccccc1)c1ccc2ccccc2c1. The molecule has 1 unspecified atom stereocenters. The monoisotopic (exact) mass is 493 g/mol. The summed E-state index contributed by atoms with van der Waals surface area (Å²) in [6.07, 6.45) is 0. The molecule has 5 rings (SSSR count). The molecule has 6 nitrogen and oxygen atoms in total. The van der Waals surface area contributed by atoms with Crippen molar-refractivity contribution < 1.29 is 14.7 Å². The smallest absolute Gasteiger partial charge is 0.321 e. The van der Waals surface area contributed by atoms with E-state index in [1.165, 1.54) is 0 Å². The Morgan fingerprint density at radius 2 is 1.38 bits per heavy atom. The van der Waals surface area contributed by atoms with Crippen molar-refractivity contribution in [3.05, 3.63) is 120 Å². The summed E-state index contributed by atoms with van der Waals surface area (Å²) >= 11 is 0. The number of urea groups is 1. The highest BCUT2D eigenvalue weighted by atomic mass is 16.3. The second-order valence-electron chi connectivity index (χ2n) is 9.54. The number of rotatable bonds is 8. The fraction of sp³-hybridized carbons (Fsp3) is 0.226. The van der Waals surface area contributed by atoms with Crippen molar-refractivity contribution in [1.29, 1.82) is 0 Å². The first kappa shape index (κ1) is 24.5. The van der Waals surface area contributed by atoms with Crippen molar-refractivity contribution >= 4 is 22.7 Å². The van der Waals surface area contributed by atoms with Crippen LogP contribution in [-0.2, 0) is 17.9 Å².